The van der Waals surface area contributed by atoms with Crippen LogP contribution in [0.5, 0.6) is 0 Å². The van der Waals surface area contributed by atoms with Crippen LogP contribution in [0.1, 0.15) is 18.3 Å². The number of halogens is 4. The molecule has 4 nitrogen and oxygen atoms in total. The number of fused-ring (bicyclic) bond motifs is 1. The van der Waals surface area contributed by atoms with Gasteiger partial charge >= 0.3 is 6.18 Å². The molecule has 0 spiro atoms. The van der Waals surface area contributed by atoms with Gasteiger partial charge in [-0.3, -0.25) is 9.20 Å². The molecule has 18 heavy (non-hydrogen) atoms. The Morgan fingerprint density at radius 2 is 2.06 bits per heavy atom. The zero-order valence-electron chi connectivity index (χ0n) is 9.55. The highest BCUT2D eigenvalue weighted by Crippen LogP contribution is 2.31. The van der Waals surface area contributed by atoms with Gasteiger partial charge in [-0.1, -0.05) is 0 Å². The van der Waals surface area contributed by atoms with Crippen molar-refractivity contribution in [1.29, 1.82) is 0 Å². The summed E-state index contributed by atoms with van der Waals surface area (Å²) < 4.78 is 40.3. The third-order valence-electron chi connectivity index (χ3n) is 2.61. The Balaban J connectivity index is 2.94. The Labute approximate surface area is 108 Å². The van der Waals surface area contributed by atoms with E-state index in [-0.39, 0.29) is 5.78 Å². The Bertz CT molecular complexity index is 672. The summed E-state index contributed by atoms with van der Waals surface area (Å²) in [5, 5.41) is 0. The number of hydrogen-bond donors (Lipinski definition) is 0. The van der Waals surface area contributed by atoms with Crippen LogP contribution < -0.4 is 5.56 Å². The molecule has 0 aliphatic rings. The molecule has 0 unspecified atom stereocenters. The maximum absolute atomic E-state index is 12.7. The van der Waals surface area contributed by atoms with E-state index in [9.17, 15) is 18.0 Å². The summed E-state index contributed by atoms with van der Waals surface area (Å²) in [6.07, 6.45) is -3.19. The number of aromatic nitrogens is 3. The lowest BCUT2D eigenvalue weighted by atomic mass is 10.4. The lowest BCUT2D eigenvalue weighted by molar-refractivity contribution is -0.141. The van der Waals surface area contributed by atoms with E-state index in [4.69, 9.17) is 0 Å². The molecule has 0 atom stereocenters. The molecule has 0 bridgehead atoms. The van der Waals surface area contributed by atoms with Gasteiger partial charge < -0.3 is 4.57 Å². The number of imidazole rings is 1. The molecule has 98 valence electrons. The zero-order valence-corrected chi connectivity index (χ0v) is 11.1. The quantitative estimate of drug-likeness (QED) is 0.809. The first kappa shape index (κ1) is 13.1. The number of hydrogen-bond acceptors (Lipinski definition) is 2. The predicted octanol–water partition coefficient (Wildman–Crippen LogP) is 2.61. The predicted molar refractivity (Wildman–Crippen MR) is 62.6 cm³/mol. The van der Waals surface area contributed by atoms with Gasteiger partial charge in [0.25, 0.3) is 5.56 Å². The smallest absolute Gasteiger partial charge is 0.314 e. The first-order valence-corrected chi connectivity index (χ1v) is 5.91. The maximum Gasteiger partial charge on any atom is 0.434 e. The van der Waals surface area contributed by atoms with Crippen molar-refractivity contribution >= 4 is 21.7 Å². The van der Waals surface area contributed by atoms with Gasteiger partial charge in [0, 0.05) is 18.4 Å². The fourth-order valence-corrected chi connectivity index (χ4v) is 2.30. The molecule has 0 saturated carbocycles. The number of nitrogens with zero attached hydrogens (tertiary/aromatic N) is 3. The van der Waals surface area contributed by atoms with Crippen LogP contribution in [0.3, 0.4) is 0 Å². The molecule has 2 heterocycles. The first-order chi connectivity index (χ1) is 8.27. The van der Waals surface area contributed by atoms with Gasteiger partial charge in [0.05, 0.1) is 0 Å². The van der Waals surface area contributed by atoms with Crippen LogP contribution in [-0.4, -0.2) is 14.0 Å². The Kier molecular flexibility index (Phi) is 3.00. The maximum atomic E-state index is 12.7. The Morgan fingerprint density at radius 1 is 1.44 bits per heavy atom. The third-order valence-corrected chi connectivity index (χ3v) is 3.32. The minimum atomic E-state index is -4.66. The molecule has 2 rings (SSSR count). The molecule has 0 aliphatic heterocycles. The first-order valence-electron chi connectivity index (χ1n) is 5.12. The molecule has 0 fully saturated rings. The number of aryl methyl sites for hydroxylation is 2. The molecule has 2 aromatic rings. The van der Waals surface area contributed by atoms with E-state index in [1.165, 1.54) is 6.20 Å². The summed E-state index contributed by atoms with van der Waals surface area (Å²) in [7, 11) is 0. The monoisotopic (exact) mass is 323 g/mol. The summed E-state index contributed by atoms with van der Waals surface area (Å²) in [6, 6.07) is 0. The molecule has 8 heteroatoms. The molecule has 0 saturated heterocycles. The van der Waals surface area contributed by atoms with Gasteiger partial charge in [0.1, 0.15) is 4.47 Å². The van der Waals surface area contributed by atoms with Crippen LogP contribution in [0.4, 0.5) is 13.2 Å². The van der Waals surface area contributed by atoms with E-state index in [0.717, 1.165) is 4.40 Å². The van der Waals surface area contributed by atoms with Gasteiger partial charge in [-0.05, 0) is 29.8 Å². The lowest BCUT2D eigenvalue weighted by Gasteiger charge is -2.09. The molecular formula is C10H9BrF3N3O. The van der Waals surface area contributed by atoms with E-state index >= 15 is 0 Å². The third kappa shape index (κ3) is 1.84. The highest BCUT2D eigenvalue weighted by atomic mass is 79.9. The lowest BCUT2D eigenvalue weighted by Crippen LogP contribution is -2.22. The van der Waals surface area contributed by atoms with Crippen molar-refractivity contribution in [2.24, 2.45) is 0 Å². The molecule has 0 amide bonds. The van der Waals surface area contributed by atoms with Crippen LogP contribution in [0, 0.1) is 6.92 Å². The van der Waals surface area contributed by atoms with Gasteiger partial charge in [0.15, 0.2) is 5.69 Å². The summed E-state index contributed by atoms with van der Waals surface area (Å²) in [6.45, 7) is 3.92. The molecule has 0 radical (unpaired) electrons. The van der Waals surface area contributed by atoms with E-state index in [2.05, 4.69) is 20.9 Å². The van der Waals surface area contributed by atoms with Gasteiger partial charge in [-0.2, -0.15) is 13.2 Å². The van der Waals surface area contributed by atoms with E-state index < -0.39 is 21.9 Å². The van der Waals surface area contributed by atoms with Crippen LogP contribution in [0.25, 0.3) is 5.78 Å². The SMILES string of the molecule is CCn1c(C)cn2c(=O)c(Br)c(C(F)(F)F)nc12. The van der Waals surface area contributed by atoms with Crippen LogP contribution in [0.2, 0.25) is 0 Å². The molecule has 0 aliphatic carbocycles. The summed E-state index contributed by atoms with van der Waals surface area (Å²) in [4.78, 5) is 15.4. The van der Waals surface area contributed by atoms with Crippen LogP contribution in [-0.2, 0) is 12.7 Å². The highest BCUT2D eigenvalue weighted by Gasteiger charge is 2.37. The number of rotatable bonds is 1. The largest absolute Gasteiger partial charge is 0.434 e. The number of alkyl halides is 3. The normalized spacial score (nSPS) is 12.3. The summed E-state index contributed by atoms with van der Waals surface area (Å²) in [5.74, 6) is -0.00414. The Morgan fingerprint density at radius 3 is 2.56 bits per heavy atom. The fraction of sp³-hybridized carbons (Fsp3) is 0.400. The van der Waals surface area contributed by atoms with E-state index in [1.807, 2.05) is 0 Å². The second-order valence-corrected chi connectivity index (χ2v) is 4.56. The molecular weight excluding hydrogens is 315 g/mol. The second-order valence-electron chi connectivity index (χ2n) is 3.76. The minimum absolute atomic E-state index is 0.00414. The van der Waals surface area contributed by atoms with Crippen molar-refractivity contribution in [2.45, 2.75) is 26.6 Å². The van der Waals surface area contributed by atoms with Crippen molar-refractivity contribution in [3.63, 3.8) is 0 Å². The Hall–Kier alpha value is -1.31. The van der Waals surface area contributed by atoms with Gasteiger partial charge in [-0.25, -0.2) is 4.98 Å². The van der Waals surface area contributed by atoms with Crippen LogP contribution >= 0.6 is 15.9 Å². The zero-order chi connectivity index (χ0) is 13.7. The van der Waals surface area contributed by atoms with Crippen molar-refractivity contribution in [3.05, 3.63) is 32.4 Å². The minimum Gasteiger partial charge on any atom is -0.314 e. The van der Waals surface area contributed by atoms with Gasteiger partial charge in [-0.15, -0.1) is 0 Å². The van der Waals surface area contributed by atoms with E-state index in [1.54, 1.807) is 18.4 Å². The molecule has 0 aromatic carbocycles. The highest BCUT2D eigenvalue weighted by molar-refractivity contribution is 9.10. The van der Waals surface area contributed by atoms with Crippen molar-refractivity contribution in [2.75, 3.05) is 0 Å². The van der Waals surface area contributed by atoms with Gasteiger partial charge in [0.2, 0.25) is 5.78 Å². The van der Waals surface area contributed by atoms with Crippen LogP contribution in [0.15, 0.2) is 15.5 Å². The van der Waals surface area contributed by atoms with E-state index in [0.29, 0.717) is 12.2 Å². The molecule has 0 N–H and O–H groups in total. The second kappa shape index (κ2) is 4.11. The average molecular weight is 324 g/mol. The summed E-state index contributed by atoms with van der Waals surface area (Å²) >= 11 is 2.67. The van der Waals surface area contributed by atoms with Crippen molar-refractivity contribution in [1.82, 2.24) is 14.0 Å². The van der Waals surface area contributed by atoms with Crippen molar-refractivity contribution in [3.8, 4) is 0 Å². The standard InChI is InChI=1S/C10H9BrF3N3O/c1-3-16-5(2)4-17-8(18)6(11)7(10(12,13)14)15-9(16)17/h4H,3H2,1-2H3. The average Bonchev–Trinajstić information content (AvgIpc) is 2.58. The molecule has 2 aromatic heterocycles. The fourth-order valence-electron chi connectivity index (χ4n) is 1.80. The topological polar surface area (TPSA) is 39.3 Å². The summed E-state index contributed by atoms with van der Waals surface area (Å²) in [5.41, 5.74) is -1.28. The van der Waals surface area contributed by atoms with Crippen molar-refractivity contribution < 1.29 is 13.2 Å².